The predicted octanol–water partition coefficient (Wildman–Crippen LogP) is 0.668. The molecule has 1 heterocycles. The normalized spacial score (nSPS) is 12.1. The van der Waals surface area contributed by atoms with Crippen LogP contribution in [0.3, 0.4) is 0 Å². The summed E-state index contributed by atoms with van der Waals surface area (Å²) < 4.78 is 1.20. The topological polar surface area (TPSA) is 84.2 Å². The van der Waals surface area contributed by atoms with E-state index in [1.807, 2.05) is 6.92 Å². The third-order valence-corrected chi connectivity index (χ3v) is 2.18. The minimum Gasteiger partial charge on any atom is -0.477 e. The first-order valence-corrected chi connectivity index (χ1v) is 5.12. The van der Waals surface area contributed by atoms with Gasteiger partial charge in [-0.05, 0) is 19.4 Å². The lowest BCUT2D eigenvalue weighted by atomic mass is 10.3. The van der Waals surface area contributed by atoms with Crippen molar-refractivity contribution >= 4 is 11.9 Å². The number of carbonyl (C=O) groups excluding carboxylic acids is 1. The molecular formula is C10H15N3O3. The molecule has 0 radical (unpaired) electrons. The van der Waals surface area contributed by atoms with Crippen LogP contribution in [-0.4, -0.2) is 33.3 Å². The minimum atomic E-state index is -1.09. The van der Waals surface area contributed by atoms with E-state index in [2.05, 4.69) is 10.4 Å². The van der Waals surface area contributed by atoms with E-state index in [4.69, 9.17) is 5.11 Å². The van der Waals surface area contributed by atoms with Gasteiger partial charge in [0.05, 0.1) is 0 Å². The van der Waals surface area contributed by atoms with Gasteiger partial charge in [-0.1, -0.05) is 6.92 Å². The summed E-state index contributed by atoms with van der Waals surface area (Å²) in [6.07, 6.45) is 2.20. The molecule has 2 N–H and O–H groups in total. The highest BCUT2D eigenvalue weighted by Crippen LogP contribution is 2.09. The number of amides is 1. The molecule has 1 unspecified atom stereocenters. The zero-order valence-electron chi connectivity index (χ0n) is 9.30. The molecule has 0 saturated carbocycles. The van der Waals surface area contributed by atoms with Crippen molar-refractivity contribution < 1.29 is 14.7 Å². The lowest BCUT2D eigenvalue weighted by Crippen LogP contribution is -2.33. The number of aromatic carboxylic acids is 1. The maximum absolute atomic E-state index is 11.6. The van der Waals surface area contributed by atoms with Gasteiger partial charge < -0.3 is 10.4 Å². The van der Waals surface area contributed by atoms with E-state index in [1.54, 1.807) is 6.92 Å². The Labute approximate surface area is 93.3 Å². The van der Waals surface area contributed by atoms with E-state index >= 15 is 0 Å². The highest BCUT2D eigenvalue weighted by molar-refractivity contribution is 5.87. The monoisotopic (exact) mass is 225 g/mol. The zero-order valence-corrected chi connectivity index (χ0v) is 9.30. The molecule has 0 spiro atoms. The van der Waals surface area contributed by atoms with E-state index in [0.29, 0.717) is 6.54 Å². The second-order valence-corrected chi connectivity index (χ2v) is 3.43. The van der Waals surface area contributed by atoms with Crippen LogP contribution in [0.2, 0.25) is 0 Å². The van der Waals surface area contributed by atoms with Gasteiger partial charge in [-0.2, -0.15) is 5.10 Å². The van der Waals surface area contributed by atoms with Crippen LogP contribution in [0.5, 0.6) is 0 Å². The summed E-state index contributed by atoms with van der Waals surface area (Å²) in [4.78, 5) is 22.4. The molecule has 1 amide bonds. The zero-order chi connectivity index (χ0) is 12.1. The Morgan fingerprint density at radius 2 is 2.31 bits per heavy atom. The first-order chi connectivity index (χ1) is 7.57. The van der Waals surface area contributed by atoms with Gasteiger partial charge in [0.25, 0.3) is 0 Å². The number of carboxylic acids is 1. The number of rotatable bonds is 5. The Kier molecular flexibility index (Phi) is 4.04. The van der Waals surface area contributed by atoms with Crippen molar-refractivity contribution in [2.75, 3.05) is 6.54 Å². The first kappa shape index (κ1) is 12.2. The number of nitrogens with one attached hydrogen (secondary N) is 1. The molecule has 1 aromatic heterocycles. The van der Waals surface area contributed by atoms with Crippen molar-refractivity contribution in [1.29, 1.82) is 0 Å². The smallest absolute Gasteiger partial charge is 0.354 e. The fraction of sp³-hybridized carbons (Fsp3) is 0.500. The average molecular weight is 225 g/mol. The van der Waals surface area contributed by atoms with Crippen LogP contribution in [0.1, 0.15) is 36.8 Å². The van der Waals surface area contributed by atoms with Gasteiger partial charge in [0.2, 0.25) is 5.91 Å². The third kappa shape index (κ3) is 2.59. The quantitative estimate of drug-likeness (QED) is 0.771. The maximum atomic E-state index is 11.6. The minimum absolute atomic E-state index is 0.0131. The Hall–Kier alpha value is -1.85. The summed E-state index contributed by atoms with van der Waals surface area (Å²) in [5, 5.41) is 15.4. The maximum Gasteiger partial charge on any atom is 0.354 e. The fourth-order valence-corrected chi connectivity index (χ4v) is 1.30. The number of carbonyl (C=O) groups is 2. The van der Waals surface area contributed by atoms with E-state index in [0.717, 1.165) is 6.42 Å². The van der Waals surface area contributed by atoms with Crippen LogP contribution in [0.4, 0.5) is 0 Å². The van der Waals surface area contributed by atoms with Crippen molar-refractivity contribution in [2.24, 2.45) is 0 Å². The number of hydrogen-bond donors (Lipinski definition) is 2. The van der Waals surface area contributed by atoms with Crippen LogP contribution in [0.25, 0.3) is 0 Å². The fourth-order valence-electron chi connectivity index (χ4n) is 1.30. The Bertz CT molecular complexity index is 386. The first-order valence-electron chi connectivity index (χ1n) is 5.12. The molecule has 0 aromatic carbocycles. The summed E-state index contributed by atoms with van der Waals surface area (Å²) in [5.74, 6) is -1.32. The summed E-state index contributed by atoms with van der Waals surface area (Å²) in [6.45, 7) is 4.14. The summed E-state index contributed by atoms with van der Waals surface area (Å²) in [7, 11) is 0. The standard InChI is InChI=1S/C10H15N3O3/c1-3-5-11-9(14)7(2)13-8(10(15)16)4-6-12-13/h4,6-7H,3,5H2,1-2H3,(H,11,14)(H,15,16). The molecule has 0 aliphatic heterocycles. The molecule has 0 saturated heterocycles. The van der Waals surface area contributed by atoms with Crippen LogP contribution in [0, 0.1) is 0 Å². The second kappa shape index (κ2) is 5.29. The van der Waals surface area contributed by atoms with E-state index in [1.165, 1.54) is 16.9 Å². The third-order valence-electron chi connectivity index (χ3n) is 2.18. The molecule has 6 nitrogen and oxygen atoms in total. The summed E-state index contributed by atoms with van der Waals surface area (Å²) >= 11 is 0. The van der Waals surface area contributed by atoms with Crippen LogP contribution in [-0.2, 0) is 4.79 Å². The molecule has 0 bridgehead atoms. The highest BCUT2D eigenvalue weighted by atomic mass is 16.4. The van der Waals surface area contributed by atoms with Gasteiger partial charge in [-0.15, -0.1) is 0 Å². The van der Waals surface area contributed by atoms with Gasteiger partial charge in [0.15, 0.2) is 0 Å². The Balaban J connectivity index is 2.79. The molecule has 1 atom stereocenters. The highest BCUT2D eigenvalue weighted by Gasteiger charge is 2.20. The molecule has 6 heteroatoms. The molecule has 88 valence electrons. The van der Waals surface area contributed by atoms with Crippen LogP contribution in [0.15, 0.2) is 12.3 Å². The van der Waals surface area contributed by atoms with Crippen molar-refractivity contribution in [1.82, 2.24) is 15.1 Å². The van der Waals surface area contributed by atoms with Gasteiger partial charge in [-0.3, -0.25) is 4.79 Å². The number of carboxylic acid groups (broad SMARTS) is 1. The van der Waals surface area contributed by atoms with E-state index in [9.17, 15) is 9.59 Å². The van der Waals surface area contributed by atoms with Crippen molar-refractivity contribution in [2.45, 2.75) is 26.3 Å². The molecule has 0 fully saturated rings. The number of hydrogen-bond acceptors (Lipinski definition) is 3. The van der Waals surface area contributed by atoms with Gasteiger partial charge in [0.1, 0.15) is 11.7 Å². The number of aromatic nitrogens is 2. The average Bonchev–Trinajstić information content (AvgIpc) is 2.73. The molecule has 0 aliphatic carbocycles. The van der Waals surface area contributed by atoms with Crippen molar-refractivity contribution in [3.63, 3.8) is 0 Å². The van der Waals surface area contributed by atoms with Crippen LogP contribution < -0.4 is 5.32 Å². The van der Waals surface area contributed by atoms with Crippen molar-refractivity contribution in [3.05, 3.63) is 18.0 Å². The van der Waals surface area contributed by atoms with Crippen molar-refractivity contribution in [3.8, 4) is 0 Å². The number of nitrogens with zero attached hydrogens (tertiary/aromatic N) is 2. The molecule has 1 rings (SSSR count). The molecule has 1 aromatic rings. The van der Waals surface area contributed by atoms with Gasteiger partial charge in [0, 0.05) is 12.7 Å². The Morgan fingerprint density at radius 1 is 1.62 bits per heavy atom. The lowest BCUT2D eigenvalue weighted by Gasteiger charge is -2.13. The largest absolute Gasteiger partial charge is 0.477 e. The summed E-state index contributed by atoms with van der Waals surface area (Å²) in [5.41, 5.74) is 0.0131. The predicted molar refractivity (Wildman–Crippen MR) is 57.2 cm³/mol. The van der Waals surface area contributed by atoms with Crippen LogP contribution >= 0.6 is 0 Å². The second-order valence-electron chi connectivity index (χ2n) is 3.43. The molecule has 16 heavy (non-hydrogen) atoms. The van der Waals surface area contributed by atoms with E-state index < -0.39 is 12.0 Å². The van der Waals surface area contributed by atoms with Gasteiger partial charge >= 0.3 is 5.97 Å². The molecule has 0 aliphatic rings. The van der Waals surface area contributed by atoms with Gasteiger partial charge in [-0.25, -0.2) is 9.48 Å². The molecular weight excluding hydrogens is 210 g/mol. The lowest BCUT2D eigenvalue weighted by molar-refractivity contribution is -0.124. The van der Waals surface area contributed by atoms with E-state index in [-0.39, 0.29) is 11.6 Å². The Morgan fingerprint density at radius 3 is 2.88 bits per heavy atom. The summed E-state index contributed by atoms with van der Waals surface area (Å²) in [6, 6.07) is 0.749. The SMILES string of the molecule is CCCNC(=O)C(C)n1nccc1C(=O)O.